The summed E-state index contributed by atoms with van der Waals surface area (Å²) in [6.45, 7) is 3.54. The Labute approximate surface area is 142 Å². The van der Waals surface area contributed by atoms with Crippen LogP contribution in [0.3, 0.4) is 0 Å². The fourth-order valence-corrected chi connectivity index (χ4v) is 2.64. The number of rotatable bonds is 5. The summed E-state index contributed by atoms with van der Waals surface area (Å²) in [4.78, 5) is 24.3. The molecule has 7 nitrogen and oxygen atoms in total. The third-order valence-corrected chi connectivity index (χ3v) is 3.96. The molecule has 130 valence electrons. The van der Waals surface area contributed by atoms with E-state index >= 15 is 0 Å². The Bertz CT molecular complexity index is 553. The number of aromatic nitrogens is 1. The van der Waals surface area contributed by atoms with Crippen molar-refractivity contribution < 1.29 is 19.1 Å². The zero-order valence-electron chi connectivity index (χ0n) is 13.7. The van der Waals surface area contributed by atoms with E-state index in [4.69, 9.17) is 9.47 Å². The number of piperidine rings is 1. The van der Waals surface area contributed by atoms with Crippen molar-refractivity contribution in [3.05, 3.63) is 18.0 Å². The third kappa shape index (κ3) is 4.25. The molecule has 2 heterocycles. The standard InChI is InChI=1S/C15H23N3O4.ClH/c1-4-22-13(19)12-9-11(10-18(12)2)17-14(20)15(21-3)5-7-16-8-6-15;/h9-10,16H,4-8H2,1-3H3,(H,17,20);1H. The number of halogens is 1. The number of nitrogens with one attached hydrogen (secondary N) is 2. The number of esters is 1. The van der Waals surface area contributed by atoms with Gasteiger partial charge in [-0.2, -0.15) is 0 Å². The highest BCUT2D eigenvalue weighted by Gasteiger charge is 2.39. The second-order valence-electron chi connectivity index (χ2n) is 5.35. The van der Waals surface area contributed by atoms with Crippen LogP contribution in [0.15, 0.2) is 12.3 Å². The van der Waals surface area contributed by atoms with Crippen molar-refractivity contribution in [1.29, 1.82) is 0 Å². The highest BCUT2D eigenvalue weighted by atomic mass is 35.5. The van der Waals surface area contributed by atoms with Gasteiger partial charge in [0.2, 0.25) is 0 Å². The van der Waals surface area contributed by atoms with E-state index in [1.807, 2.05) is 0 Å². The highest BCUT2D eigenvalue weighted by molar-refractivity contribution is 5.98. The summed E-state index contributed by atoms with van der Waals surface area (Å²) in [5, 5.41) is 6.05. The highest BCUT2D eigenvalue weighted by Crippen LogP contribution is 2.25. The van der Waals surface area contributed by atoms with Crippen LogP contribution in [-0.4, -0.2) is 48.9 Å². The van der Waals surface area contributed by atoms with E-state index in [9.17, 15) is 9.59 Å². The summed E-state index contributed by atoms with van der Waals surface area (Å²) in [7, 11) is 3.29. The third-order valence-electron chi connectivity index (χ3n) is 3.96. The van der Waals surface area contributed by atoms with Crippen LogP contribution < -0.4 is 10.6 Å². The minimum Gasteiger partial charge on any atom is -0.461 e. The van der Waals surface area contributed by atoms with Crippen LogP contribution in [0.1, 0.15) is 30.3 Å². The predicted molar refractivity (Wildman–Crippen MR) is 89.1 cm³/mol. The van der Waals surface area contributed by atoms with Crippen molar-refractivity contribution in [2.24, 2.45) is 7.05 Å². The molecule has 0 aromatic carbocycles. The maximum atomic E-state index is 12.5. The number of anilines is 1. The summed E-state index contributed by atoms with van der Waals surface area (Å²) in [5.41, 5.74) is 0.144. The lowest BCUT2D eigenvalue weighted by Gasteiger charge is -2.34. The molecule has 0 aliphatic carbocycles. The monoisotopic (exact) mass is 345 g/mol. The molecule has 0 spiro atoms. The number of nitrogens with zero attached hydrogens (tertiary/aromatic N) is 1. The molecule has 0 saturated carbocycles. The maximum Gasteiger partial charge on any atom is 0.355 e. The van der Waals surface area contributed by atoms with E-state index in [2.05, 4.69) is 10.6 Å². The zero-order chi connectivity index (χ0) is 16.2. The first-order chi connectivity index (χ1) is 10.5. The Morgan fingerprint density at radius 3 is 2.61 bits per heavy atom. The number of carbonyl (C=O) groups is 2. The van der Waals surface area contributed by atoms with Gasteiger partial charge < -0.3 is 24.7 Å². The molecule has 0 atom stereocenters. The summed E-state index contributed by atoms with van der Waals surface area (Å²) >= 11 is 0. The summed E-state index contributed by atoms with van der Waals surface area (Å²) in [5.74, 6) is -0.591. The van der Waals surface area contributed by atoms with Gasteiger partial charge in [-0.15, -0.1) is 12.4 Å². The van der Waals surface area contributed by atoms with Crippen LogP contribution in [0, 0.1) is 0 Å². The number of ether oxygens (including phenoxy) is 2. The molecule has 0 bridgehead atoms. The normalized spacial score (nSPS) is 16.3. The van der Waals surface area contributed by atoms with E-state index in [1.54, 1.807) is 37.9 Å². The number of hydrogen-bond donors (Lipinski definition) is 2. The van der Waals surface area contributed by atoms with Gasteiger partial charge in [0.05, 0.1) is 12.3 Å². The molecule has 1 aromatic heterocycles. The Morgan fingerprint density at radius 1 is 1.39 bits per heavy atom. The predicted octanol–water partition coefficient (Wildman–Crippen LogP) is 1.33. The molecule has 1 amide bonds. The van der Waals surface area contributed by atoms with E-state index in [-0.39, 0.29) is 18.3 Å². The molecule has 1 aromatic rings. The molecule has 8 heteroatoms. The summed E-state index contributed by atoms with van der Waals surface area (Å²) in [6.07, 6.45) is 2.92. The first-order valence-electron chi connectivity index (χ1n) is 7.43. The molecule has 1 aliphatic rings. The molecule has 1 fully saturated rings. The van der Waals surface area contributed by atoms with E-state index < -0.39 is 11.6 Å². The smallest absolute Gasteiger partial charge is 0.355 e. The van der Waals surface area contributed by atoms with Crippen LogP contribution in [0.2, 0.25) is 0 Å². The van der Waals surface area contributed by atoms with Gasteiger partial charge in [-0.1, -0.05) is 0 Å². The van der Waals surface area contributed by atoms with Crippen LogP contribution in [0.25, 0.3) is 0 Å². The minimum absolute atomic E-state index is 0. The van der Waals surface area contributed by atoms with Crippen LogP contribution >= 0.6 is 12.4 Å². The average Bonchev–Trinajstić information content (AvgIpc) is 2.88. The number of amides is 1. The quantitative estimate of drug-likeness (QED) is 0.787. The van der Waals surface area contributed by atoms with Crippen molar-refractivity contribution in [3.8, 4) is 0 Å². The molecular weight excluding hydrogens is 322 g/mol. The van der Waals surface area contributed by atoms with Gasteiger partial charge in [-0.05, 0) is 38.9 Å². The SMILES string of the molecule is CCOC(=O)c1cc(NC(=O)C2(OC)CCNCC2)cn1C.Cl. The second-order valence-corrected chi connectivity index (χ2v) is 5.35. The Balaban J connectivity index is 0.00000264. The minimum atomic E-state index is -0.814. The molecule has 1 aliphatic heterocycles. The molecular formula is C15H24ClN3O4. The first-order valence-corrected chi connectivity index (χ1v) is 7.43. The van der Waals surface area contributed by atoms with E-state index in [0.717, 1.165) is 13.1 Å². The number of aryl methyl sites for hydroxylation is 1. The van der Waals surface area contributed by atoms with Gasteiger partial charge in [0.15, 0.2) is 0 Å². The van der Waals surface area contributed by atoms with Crippen molar-refractivity contribution in [1.82, 2.24) is 9.88 Å². The van der Waals surface area contributed by atoms with Crippen molar-refractivity contribution >= 4 is 30.0 Å². The van der Waals surface area contributed by atoms with Crippen molar-refractivity contribution in [2.75, 3.05) is 32.1 Å². The van der Waals surface area contributed by atoms with E-state index in [1.165, 1.54) is 0 Å². The summed E-state index contributed by atoms with van der Waals surface area (Å²) in [6, 6.07) is 1.61. The molecule has 0 radical (unpaired) electrons. The van der Waals surface area contributed by atoms with Gasteiger partial charge in [-0.25, -0.2) is 4.79 Å². The zero-order valence-corrected chi connectivity index (χ0v) is 14.5. The van der Waals surface area contributed by atoms with Gasteiger partial charge in [0.1, 0.15) is 11.3 Å². The molecule has 2 rings (SSSR count). The lowest BCUT2D eigenvalue weighted by atomic mass is 9.91. The largest absolute Gasteiger partial charge is 0.461 e. The molecule has 23 heavy (non-hydrogen) atoms. The fourth-order valence-electron chi connectivity index (χ4n) is 2.64. The topological polar surface area (TPSA) is 81.6 Å². The summed E-state index contributed by atoms with van der Waals surface area (Å²) < 4.78 is 12.1. The first kappa shape index (κ1) is 19.5. The lowest BCUT2D eigenvalue weighted by Crippen LogP contribution is -2.51. The van der Waals surface area contributed by atoms with Gasteiger partial charge in [0.25, 0.3) is 5.91 Å². The number of carbonyl (C=O) groups excluding carboxylic acids is 2. The Kier molecular flexibility index (Phi) is 7.05. The van der Waals surface area contributed by atoms with Gasteiger partial charge in [-0.3, -0.25) is 4.79 Å². The molecule has 2 N–H and O–H groups in total. The van der Waals surface area contributed by atoms with Gasteiger partial charge in [0, 0.05) is 20.4 Å². The van der Waals surface area contributed by atoms with Crippen molar-refractivity contribution in [3.63, 3.8) is 0 Å². The van der Waals surface area contributed by atoms with Crippen molar-refractivity contribution in [2.45, 2.75) is 25.4 Å². The Morgan fingerprint density at radius 2 is 2.04 bits per heavy atom. The average molecular weight is 346 g/mol. The Hall–Kier alpha value is -1.57. The van der Waals surface area contributed by atoms with Crippen LogP contribution in [0.5, 0.6) is 0 Å². The lowest BCUT2D eigenvalue weighted by molar-refractivity contribution is -0.140. The van der Waals surface area contributed by atoms with Crippen LogP contribution in [-0.2, 0) is 21.3 Å². The number of methoxy groups -OCH3 is 1. The molecule has 1 saturated heterocycles. The van der Waals surface area contributed by atoms with Gasteiger partial charge >= 0.3 is 5.97 Å². The number of hydrogen-bond acceptors (Lipinski definition) is 5. The second kappa shape index (κ2) is 8.33. The van der Waals surface area contributed by atoms with E-state index in [0.29, 0.717) is 30.8 Å². The fraction of sp³-hybridized carbons (Fsp3) is 0.600. The molecule has 0 unspecified atom stereocenters. The van der Waals surface area contributed by atoms with Crippen LogP contribution in [0.4, 0.5) is 5.69 Å². The maximum absolute atomic E-state index is 12.5.